The fourth-order valence-electron chi connectivity index (χ4n) is 4.40. The summed E-state index contributed by atoms with van der Waals surface area (Å²) in [5.41, 5.74) is -3.33. The van der Waals surface area contributed by atoms with Crippen LogP contribution in [0.4, 0.5) is 0 Å². The fourth-order valence-corrected chi connectivity index (χ4v) is 4.40. The number of phenols is 3. The molecule has 0 aromatic heterocycles. The van der Waals surface area contributed by atoms with Gasteiger partial charge in [-0.3, -0.25) is 14.4 Å². The summed E-state index contributed by atoms with van der Waals surface area (Å²) in [5.74, 6) is -4.73. The molecule has 1 atom stereocenters. The quantitative estimate of drug-likeness (QED) is 0.383. The number of aromatic hydroxyl groups is 3. The number of carbonyl (C=O) groups excluding carboxylic acids is 3. The number of Topliss-reactive ketones (excluding diaryl/α,β-unsaturated/α-hetero) is 3. The summed E-state index contributed by atoms with van der Waals surface area (Å²) in [6.07, 6.45) is 0.235. The van der Waals surface area contributed by atoms with E-state index in [9.17, 15) is 34.8 Å². The van der Waals surface area contributed by atoms with Crippen LogP contribution in [0, 0.1) is 16.7 Å². The average Bonchev–Trinajstić information content (AvgIpc) is 2.64. The van der Waals surface area contributed by atoms with E-state index in [1.165, 1.54) is 27.7 Å². The number of benzene rings is 1. The molecule has 7 heteroatoms. The first-order valence-corrected chi connectivity index (χ1v) is 10.4. The van der Waals surface area contributed by atoms with Crippen LogP contribution in [0.1, 0.15) is 83.1 Å². The van der Waals surface area contributed by atoms with Crippen molar-refractivity contribution in [1.82, 2.24) is 0 Å². The van der Waals surface area contributed by atoms with Crippen molar-refractivity contribution in [2.45, 2.75) is 67.2 Å². The normalized spacial score (nSPS) is 19.1. The van der Waals surface area contributed by atoms with Gasteiger partial charge in [0.2, 0.25) is 0 Å². The van der Waals surface area contributed by atoms with E-state index in [1.807, 2.05) is 13.8 Å². The van der Waals surface area contributed by atoms with Crippen molar-refractivity contribution < 1.29 is 34.8 Å². The van der Waals surface area contributed by atoms with E-state index in [0.717, 1.165) is 6.07 Å². The maximum Gasteiger partial charge on any atom is 0.175 e. The summed E-state index contributed by atoms with van der Waals surface area (Å²) in [4.78, 5) is 38.6. The first kappa shape index (κ1) is 24.4. The van der Waals surface area contributed by atoms with E-state index >= 15 is 0 Å². The molecule has 1 aromatic rings. The van der Waals surface area contributed by atoms with Crippen LogP contribution in [0.25, 0.3) is 0 Å². The first-order valence-electron chi connectivity index (χ1n) is 10.4. The van der Waals surface area contributed by atoms with E-state index in [-0.39, 0.29) is 35.5 Å². The second-order valence-electron chi connectivity index (χ2n) is 9.68. The predicted octanol–water partition coefficient (Wildman–Crippen LogP) is 4.54. The predicted molar refractivity (Wildman–Crippen MR) is 115 cm³/mol. The van der Waals surface area contributed by atoms with Crippen molar-refractivity contribution in [2.24, 2.45) is 16.7 Å². The fraction of sp³-hybridized carbons (Fsp3) is 0.542. The molecule has 1 aromatic carbocycles. The van der Waals surface area contributed by atoms with Crippen molar-refractivity contribution in [3.8, 4) is 17.2 Å². The van der Waals surface area contributed by atoms with Crippen LogP contribution >= 0.6 is 0 Å². The number of allylic oxidation sites excluding steroid dienone is 2. The molecule has 1 unspecified atom stereocenters. The molecule has 0 bridgehead atoms. The topological polar surface area (TPSA) is 132 Å². The Balaban J connectivity index is 2.94. The minimum Gasteiger partial charge on any atom is -0.511 e. The second-order valence-corrected chi connectivity index (χ2v) is 9.68. The van der Waals surface area contributed by atoms with E-state index in [2.05, 4.69) is 0 Å². The number of ketones is 3. The molecule has 1 aliphatic carbocycles. The molecule has 0 radical (unpaired) electrons. The third kappa shape index (κ3) is 3.82. The van der Waals surface area contributed by atoms with Crippen LogP contribution in [0.3, 0.4) is 0 Å². The number of hydrogen-bond donors (Lipinski definition) is 4. The highest BCUT2D eigenvalue weighted by molar-refractivity contribution is 6.19. The lowest BCUT2D eigenvalue weighted by Crippen LogP contribution is -2.49. The number of aliphatic hydroxyl groups is 1. The number of hydrogen-bond acceptors (Lipinski definition) is 7. The highest BCUT2D eigenvalue weighted by atomic mass is 16.3. The molecule has 0 aliphatic heterocycles. The molecule has 0 heterocycles. The summed E-state index contributed by atoms with van der Waals surface area (Å²) in [6.45, 7) is 11.3. The van der Waals surface area contributed by atoms with Gasteiger partial charge in [0.15, 0.2) is 17.3 Å². The Kier molecular flexibility index (Phi) is 6.32. The molecule has 4 N–H and O–H groups in total. The molecular weight excluding hydrogens is 400 g/mol. The number of phenolic OH excluding ortho intramolecular Hbond substituents is 3. The third-order valence-electron chi connectivity index (χ3n) is 6.10. The van der Waals surface area contributed by atoms with Gasteiger partial charge in [0.1, 0.15) is 28.6 Å². The van der Waals surface area contributed by atoms with Crippen LogP contribution in [0.5, 0.6) is 17.2 Å². The van der Waals surface area contributed by atoms with Crippen LogP contribution in [-0.4, -0.2) is 37.8 Å². The van der Waals surface area contributed by atoms with Gasteiger partial charge in [0.05, 0.1) is 10.8 Å². The monoisotopic (exact) mass is 432 g/mol. The molecule has 0 saturated heterocycles. The van der Waals surface area contributed by atoms with Gasteiger partial charge in [-0.1, -0.05) is 20.8 Å². The molecule has 2 rings (SSSR count). The molecular formula is C24H32O7. The zero-order valence-electron chi connectivity index (χ0n) is 19.2. The summed E-state index contributed by atoms with van der Waals surface area (Å²) in [5, 5.41) is 42.8. The van der Waals surface area contributed by atoms with Crippen molar-refractivity contribution in [3.63, 3.8) is 0 Å². The molecule has 0 saturated carbocycles. The Labute approximate surface area is 182 Å². The van der Waals surface area contributed by atoms with Crippen molar-refractivity contribution in [1.29, 1.82) is 0 Å². The zero-order valence-corrected chi connectivity index (χ0v) is 19.2. The van der Waals surface area contributed by atoms with Gasteiger partial charge < -0.3 is 20.4 Å². The van der Waals surface area contributed by atoms with E-state index in [4.69, 9.17) is 0 Å². The molecule has 0 spiro atoms. The summed E-state index contributed by atoms with van der Waals surface area (Å²) in [6, 6.07) is 0.956. The van der Waals surface area contributed by atoms with Crippen LogP contribution < -0.4 is 0 Å². The largest absolute Gasteiger partial charge is 0.511 e. The standard InChI is InChI=1S/C24H32O7/c1-8-13(25)18-15(27)10-14(26)16(19(18)28)12(9-11(2)3)17-20(29)23(4,5)22(31)24(6,7)21(17)30/h10-12,26-29H,8-9H2,1-7H3. The number of carbonyl (C=O) groups is 3. The lowest BCUT2D eigenvalue weighted by Gasteiger charge is -2.41. The summed E-state index contributed by atoms with van der Waals surface area (Å²) >= 11 is 0. The summed E-state index contributed by atoms with van der Waals surface area (Å²) in [7, 11) is 0. The number of rotatable bonds is 6. The van der Waals surface area contributed by atoms with Gasteiger partial charge in [-0.2, -0.15) is 0 Å². The molecule has 0 fully saturated rings. The van der Waals surface area contributed by atoms with Crippen LogP contribution in [0.15, 0.2) is 17.4 Å². The van der Waals surface area contributed by atoms with E-state index in [0.29, 0.717) is 0 Å². The van der Waals surface area contributed by atoms with E-state index in [1.54, 1.807) is 6.92 Å². The lowest BCUT2D eigenvalue weighted by molar-refractivity contribution is -0.144. The smallest absolute Gasteiger partial charge is 0.175 e. The first-order chi connectivity index (χ1) is 14.1. The van der Waals surface area contributed by atoms with Gasteiger partial charge >= 0.3 is 0 Å². The molecule has 31 heavy (non-hydrogen) atoms. The maximum atomic E-state index is 13.4. The third-order valence-corrected chi connectivity index (χ3v) is 6.10. The Morgan fingerprint density at radius 3 is 2.00 bits per heavy atom. The minimum atomic E-state index is -1.43. The van der Waals surface area contributed by atoms with E-state index < -0.39 is 57.1 Å². The van der Waals surface area contributed by atoms with Gasteiger partial charge in [-0.25, -0.2) is 0 Å². The number of aliphatic hydroxyl groups excluding tert-OH is 1. The zero-order chi connectivity index (χ0) is 24.0. The van der Waals surface area contributed by atoms with Gasteiger partial charge in [-0.05, 0) is 40.0 Å². The average molecular weight is 433 g/mol. The molecule has 0 amide bonds. The Morgan fingerprint density at radius 2 is 1.52 bits per heavy atom. The SMILES string of the molecule is CCC(=O)c1c(O)cc(O)c(C(CC(C)C)C2=C(O)C(C)(C)C(=O)C(C)(C)C2=O)c1O. The highest BCUT2D eigenvalue weighted by Crippen LogP contribution is 2.52. The van der Waals surface area contributed by atoms with Gasteiger partial charge in [-0.15, -0.1) is 0 Å². The Morgan fingerprint density at radius 1 is 0.968 bits per heavy atom. The maximum absolute atomic E-state index is 13.4. The van der Waals surface area contributed by atoms with Crippen molar-refractivity contribution >= 4 is 17.3 Å². The van der Waals surface area contributed by atoms with Crippen molar-refractivity contribution in [3.05, 3.63) is 28.5 Å². The lowest BCUT2D eigenvalue weighted by atomic mass is 9.60. The van der Waals surface area contributed by atoms with Crippen LogP contribution in [0.2, 0.25) is 0 Å². The van der Waals surface area contributed by atoms with Crippen LogP contribution in [-0.2, 0) is 9.59 Å². The summed E-state index contributed by atoms with van der Waals surface area (Å²) < 4.78 is 0. The van der Waals surface area contributed by atoms with Gasteiger partial charge in [0, 0.05) is 29.5 Å². The highest BCUT2D eigenvalue weighted by Gasteiger charge is 2.55. The van der Waals surface area contributed by atoms with Crippen molar-refractivity contribution in [2.75, 3.05) is 0 Å². The Hall–Kier alpha value is -2.83. The Bertz CT molecular complexity index is 980. The molecule has 7 nitrogen and oxygen atoms in total. The van der Waals surface area contributed by atoms with Gasteiger partial charge in [0.25, 0.3) is 0 Å². The molecule has 1 aliphatic rings. The molecule has 170 valence electrons. The second kappa shape index (κ2) is 8.02. The minimum absolute atomic E-state index is 0.00161.